The lowest BCUT2D eigenvalue weighted by molar-refractivity contribution is -0.116. The van der Waals surface area contributed by atoms with Crippen LogP contribution in [0.15, 0.2) is 18.2 Å². The highest BCUT2D eigenvalue weighted by Crippen LogP contribution is 2.27. The first kappa shape index (κ1) is 13.2. The zero-order chi connectivity index (χ0) is 12.8. The van der Waals surface area contributed by atoms with Gasteiger partial charge < -0.3 is 21.1 Å². The second kappa shape index (κ2) is 5.98. The molecule has 1 aromatic rings. The minimum absolute atomic E-state index is 0.186. The van der Waals surface area contributed by atoms with E-state index in [2.05, 4.69) is 0 Å². The smallest absolute Gasteiger partial charge is 0.236 e. The molecule has 0 spiro atoms. The number of carbonyl (C=O) groups is 1. The topological polar surface area (TPSA) is 81.6 Å². The molecule has 1 aromatic carbocycles. The van der Waals surface area contributed by atoms with Crippen LogP contribution in [0.4, 0.5) is 11.4 Å². The van der Waals surface area contributed by atoms with E-state index in [0.29, 0.717) is 24.6 Å². The van der Waals surface area contributed by atoms with E-state index >= 15 is 0 Å². The van der Waals surface area contributed by atoms with E-state index in [4.69, 9.17) is 16.2 Å². The third-order valence-electron chi connectivity index (χ3n) is 2.39. The number of carbonyl (C=O) groups excluding carboxylic acids is 1. The average molecular weight is 237 g/mol. The van der Waals surface area contributed by atoms with Crippen LogP contribution in [0.2, 0.25) is 0 Å². The van der Waals surface area contributed by atoms with Gasteiger partial charge in [-0.25, -0.2) is 0 Å². The molecule has 5 nitrogen and oxygen atoms in total. The first-order valence-electron chi connectivity index (χ1n) is 5.64. The number of ether oxygens (including phenoxy) is 1. The molecule has 0 aromatic heterocycles. The van der Waals surface area contributed by atoms with Crippen molar-refractivity contribution in [2.45, 2.75) is 13.8 Å². The van der Waals surface area contributed by atoms with Crippen molar-refractivity contribution >= 4 is 17.3 Å². The second-order valence-electron chi connectivity index (χ2n) is 3.64. The Hall–Kier alpha value is -1.91. The van der Waals surface area contributed by atoms with Gasteiger partial charge in [-0.05, 0) is 26.0 Å². The van der Waals surface area contributed by atoms with Gasteiger partial charge in [0.05, 0.1) is 18.8 Å². The maximum absolute atomic E-state index is 10.9. The van der Waals surface area contributed by atoms with Gasteiger partial charge in [0.15, 0.2) is 0 Å². The number of amides is 1. The number of benzene rings is 1. The van der Waals surface area contributed by atoms with Crippen molar-refractivity contribution in [3.8, 4) is 5.75 Å². The molecule has 0 bridgehead atoms. The predicted molar refractivity (Wildman–Crippen MR) is 69.1 cm³/mol. The Morgan fingerprint density at radius 2 is 2.12 bits per heavy atom. The van der Waals surface area contributed by atoms with Gasteiger partial charge >= 0.3 is 0 Å². The zero-order valence-electron chi connectivity index (χ0n) is 10.3. The SMILES string of the molecule is CCOc1cc(N(CC)CC(N)=O)ccc1N. The van der Waals surface area contributed by atoms with Crippen LogP contribution in [0.1, 0.15) is 13.8 Å². The number of primary amides is 1. The average Bonchev–Trinajstić information content (AvgIpc) is 2.29. The maximum atomic E-state index is 10.9. The van der Waals surface area contributed by atoms with E-state index in [1.807, 2.05) is 30.9 Å². The van der Waals surface area contributed by atoms with Crippen molar-refractivity contribution in [1.82, 2.24) is 0 Å². The van der Waals surface area contributed by atoms with Gasteiger partial charge in [-0.15, -0.1) is 0 Å². The Morgan fingerprint density at radius 1 is 1.41 bits per heavy atom. The zero-order valence-corrected chi connectivity index (χ0v) is 10.3. The molecule has 1 rings (SSSR count). The van der Waals surface area contributed by atoms with Crippen molar-refractivity contribution in [2.24, 2.45) is 5.73 Å². The number of hydrogen-bond donors (Lipinski definition) is 2. The van der Waals surface area contributed by atoms with Gasteiger partial charge in [0, 0.05) is 18.3 Å². The minimum atomic E-state index is -0.360. The Morgan fingerprint density at radius 3 is 2.65 bits per heavy atom. The van der Waals surface area contributed by atoms with E-state index in [-0.39, 0.29) is 12.5 Å². The number of nitrogens with zero attached hydrogens (tertiary/aromatic N) is 1. The maximum Gasteiger partial charge on any atom is 0.236 e. The third-order valence-corrected chi connectivity index (χ3v) is 2.39. The number of hydrogen-bond acceptors (Lipinski definition) is 4. The van der Waals surface area contributed by atoms with Crippen molar-refractivity contribution in [2.75, 3.05) is 30.3 Å². The van der Waals surface area contributed by atoms with Crippen molar-refractivity contribution < 1.29 is 9.53 Å². The summed E-state index contributed by atoms with van der Waals surface area (Å²) < 4.78 is 5.41. The number of anilines is 2. The molecular formula is C12H19N3O2. The van der Waals surface area contributed by atoms with E-state index < -0.39 is 0 Å². The molecule has 94 valence electrons. The first-order chi connectivity index (χ1) is 8.08. The highest BCUT2D eigenvalue weighted by Gasteiger charge is 2.09. The fourth-order valence-electron chi connectivity index (χ4n) is 1.57. The molecule has 0 aliphatic rings. The fraction of sp³-hybridized carbons (Fsp3) is 0.417. The van der Waals surface area contributed by atoms with Gasteiger partial charge in [-0.3, -0.25) is 4.79 Å². The van der Waals surface area contributed by atoms with Crippen molar-refractivity contribution in [1.29, 1.82) is 0 Å². The van der Waals surface area contributed by atoms with Crippen LogP contribution in [0.25, 0.3) is 0 Å². The first-order valence-corrected chi connectivity index (χ1v) is 5.64. The summed E-state index contributed by atoms with van der Waals surface area (Å²) in [4.78, 5) is 12.8. The van der Waals surface area contributed by atoms with Gasteiger partial charge in [0.1, 0.15) is 5.75 Å². The Labute approximate surface area is 101 Å². The fourth-order valence-corrected chi connectivity index (χ4v) is 1.57. The molecule has 0 saturated carbocycles. The number of nitrogen functional groups attached to an aromatic ring is 1. The van der Waals surface area contributed by atoms with E-state index in [0.717, 1.165) is 5.69 Å². The van der Waals surface area contributed by atoms with Crippen LogP contribution in [0, 0.1) is 0 Å². The van der Waals surface area contributed by atoms with Crippen molar-refractivity contribution in [3.05, 3.63) is 18.2 Å². The van der Waals surface area contributed by atoms with Gasteiger partial charge in [-0.1, -0.05) is 0 Å². The molecule has 0 fully saturated rings. The summed E-state index contributed by atoms with van der Waals surface area (Å²) in [5.41, 5.74) is 12.4. The number of nitrogens with two attached hydrogens (primary N) is 2. The molecular weight excluding hydrogens is 218 g/mol. The quantitative estimate of drug-likeness (QED) is 0.723. The van der Waals surface area contributed by atoms with Crippen LogP contribution in [-0.2, 0) is 4.79 Å². The highest BCUT2D eigenvalue weighted by molar-refractivity contribution is 5.80. The van der Waals surface area contributed by atoms with E-state index in [1.165, 1.54) is 0 Å². The number of likely N-dealkylation sites (N-methyl/N-ethyl adjacent to an activating group) is 1. The lowest BCUT2D eigenvalue weighted by atomic mass is 10.2. The van der Waals surface area contributed by atoms with Crippen LogP contribution >= 0.6 is 0 Å². The molecule has 0 saturated heterocycles. The summed E-state index contributed by atoms with van der Waals surface area (Å²) in [6.45, 7) is 5.28. The summed E-state index contributed by atoms with van der Waals surface area (Å²) in [5, 5.41) is 0. The summed E-state index contributed by atoms with van der Waals surface area (Å²) in [7, 11) is 0. The van der Waals surface area contributed by atoms with Gasteiger partial charge in [-0.2, -0.15) is 0 Å². The highest BCUT2D eigenvalue weighted by atomic mass is 16.5. The molecule has 0 heterocycles. The van der Waals surface area contributed by atoms with Gasteiger partial charge in [0.25, 0.3) is 0 Å². The monoisotopic (exact) mass is 237 g/mol. The van der Waals surface area contributed by atoms with Crippen molar-refractivity contribution in [3.63, 3.8) is 0 Å². The summed E-state index contributed by atoms with van der Waals surface area (Å²) in [6, 6.07) is 5.44. The normalized spacial score (nSPS) is 10.0. The lowest BCUT2D eigenvalue weighted by Gasteiger charge is -2.22. The third kappa shape index (κ3) is 3.55. The van der Waals surface area contributed by atoms with Crippen LogP contribution < -0.4 is 21.1 Å². The summed E-state index contributed by atoms with van der Waals surface area (Å²) >= 11 is 0. The Bertz CT molecular complexity index is 393. The molecule has 0 radical (unpaired) electrons. The second-order valence-corrected chi connectivity index (χ2v) is 3.64. The Kier molecular flexibility index (Phi) is 4.63. The molecule has 4 N–H and O–H groups in total. The lowest BCUT2D eigenvalue weighted by Crippen LogP contribution is -2.33. The standard InChI is InChI=1S/C12H19N3O2/c1-3-15(8-12(14)16)9-5-6-10(13)11(7-9)17-4-2/h5-7H,3-4,8,13H2,1-2H3,(H2,14,16). The van der Waals surface area contributed by atoms with E-state index in [1.54, 1.807) is 6.07 Å². The minimum Gasteiger partial charge on any atom is -0.492 e. The summed E-state index contributed by atoms with van der Waals surface area (Å²) in [5.74, 6) is 0.273. The predicted octanol–water partition coefficient (Wildman–Crippen LogP) is 0.979. The van der Waals surface area contributed by atoms with Crippen LogP contribution in [0.5, 0.6) is 5.75 Å². The van der Waals surface area contributed by atoms with Crippen LogP contribution in [-0.4, -0.2) is 25.6 Å². The molecule has 0 aliphatic heterocycles. The molecule has 1 amide bonds. The van der Waals surface area contributed by atoms with Crippen LogP contribution in [0.3, 0.4) is 0 Å². The summed E-state index contributed by atoms with van der Waals surface area (Å²) in [6.07, 6.45) is 0. The molecule has 5 heteroatoms. The van der Waals surface area contributed by atoms with E-state index in [9.17, 15) is 4.79 Å². The largest absolute Gasteiger partial charge is 0.492 e. The molecule has 0 atom stereocenters. The Balaban J connectivity index is 2.95. The number of rotatable bonds is 6. The molecule has 0 aliphatic carbocycles. The molecule has 0 unspecified atom stereocenters. The van der Waals surface area contributed by atoms with Gasteiger partial charge in [0.2, 0.25) is 5.91 Å². The molecule has 17 heavy (non-hydrogen) atoms.